The first kappa shape index (κ1) is 14.6. The number of nitrogens with two attached hydrogens (primary N) is 1. The van der Waals surface area contributed by atoms with Gasteiger partial charge in [-0.2, -0.15) is 0 Å². The van der Waals surface area contributed by atoms with Gasteiger partial charge in [0.2, 0.25) is 0 Å². The molecule has 0 saturated carbocycles. The molecule has 20 heavy (non-hydrogen) atoms. The molecule has 106 valence electrons. The molecule has 0 radical (unpaired) electrons. The minimum atomic E-state index is 0.193. The van der Waals surface area contributed by atoms with Crippen molar-refractivity contribution in [2.45, 2.75) is 39.3 Å². The molecule has 0 bridgehead atoms. The third-order valence-electron chi connectivity index (χ3n) is 3.46. The third-order valence-corrected chi connectivity index (χ3v) is 3.46. The van der Waals surface area contributed by atoms with Crippen LogP contribution in [-0.4, -0.2) is 6.04 Å². The van der Waals surface area contributed by atoms with Crippen LogP contribution in [0.15, 0.2) is 48.5 Å². The van der Waals surface area contributed by atoms with Gasteiger partial charge in [-0.1, -0.05) is 55.0 Å². The molecule has 2 rings (SSSR count). The minimum Gasteiger partial charge on any atom is -0.489 e. The van der Waals surface area contributed by atoms with Crippen LogP contribution in [0, 0.1) is 6.92 Å². The second-order valence-corrected chi connectivity index (χ2v) is 5.26. The van der Waals surface area contributed by atoms with Crippen molar-refractivity contribution in [2.75, 3.05) is 0 Å². The number of rotatable bonds is 6. The summed E-state index contributed by atoms with van der Waals surface area (Å²) in [6.07, 6.45) is 1.84. The number of para-hydroxylation sites is 1. The van der Waals surface area contributed by atoms with Crippen molar-refractivity contribution in [3.63, 3.8) is 0 Å². The molecule has 0 saturated heterocycles. The van der Waals surface area contributed by atoms with Crippen LogP contribution in [0.1, 0.15) is 30.0 Å². The highest BCUT2D eigenvalue weighted by atomic mass is 16.5. The number of hydrogen-bond acceptors (Lipinski definition) is 2. The van der Waals surface area contributed by atoms with Crippen LogP contribution in [-0.2, 0) is 13.0 Å². The molecule has 1 atom stereocenters. The van der Waals surface area contributed by atoms with Gasteiger partial charge in [0, 0.05) is 6.04 Å². The standard InChI is InChI=1S/C18H23NO/c1-3-17(19)12-16-9-4-5-10-18(16)20-13-15-8-6-7-14(2)11-15/h4-11,17H,3,12-13,19H2,1-2H3. The Morgan fingerprint density at radius 2 is 1.90 bits per heavy atom. The van der Waals surface area contributed by atoms with E-state index in [4.69, 9.17) is 10.5 Å². The molecule has 0 aliphatic rings. The molecule has 0 aromatic heterocycles. The highest BCUT2D eigenvalue weighted by Crippen LogP contribution is 2.21. The lowest BCUT2D eigenvalue weighted by Gasteiger charge is -2.14. The molecule has 0 aliphatic carbocycles. The van der Waals surface area contributed by atoms with Gasteiger partial charge in [0.05, 0.1) is 0 Å². The predicted octanol–water partition coefficient (Wildman–Crippen LogP) is 3.85. The van der Waals surface area contributed by atoms with Gasteiger partial charge in [-0.25, -0.2) is 0 Å². The molecular weight excluding hydrogens is 246 g/mol. The highest BCUT2D eigenvalue weighted by molar-refractivity contribution is 5.34. The van der Waals surface area contributed by atoms with Crippen LogP contribution < -0.4 is 10.5 Å². The van der Waals surface area contributed by atoms with Crippen molar-refractivity contribution in [3.05, 3.63) is 65.2 Å². The first-order valence-electron chi connectivity index (χ1n) is 7.21. The van der Waals surface area contributed by atoms with E-state index in [-0.39, 0.29) is 6.04 Å². The van der Waals surface area contributed by atoms with Crippen molar-refractivity contribution in [3.8, 4) is 5.75 Å². The molecule has 0 heterocycles. The fraction of sp³-hybridized carbons (Fsp3) is 0.333. The summed E-state index contributed by atoms with van der Waals surface area (Å²) in [4.78, 5) is 0. The topological polar surface area (TPSA) is 35.2 Å². The van der Waals surface area contributed by atoms with E-state index in [1.807, 2.05) is 18.2 Å². The van der Waals surface area contributed by atoms with Gasteiger partial charge in [-0.3, -0.25) is 0 Å². The monoisotopic (exact) mass is 269 g/mol. The SMILES string of the molecule is CCC(N)Cc1ccccc1OCc1cccc(C)c1. The summed E-state index contributed by atoms with van der Waals surface area (Å²) in [6, 6.07) is 16.8. The maximum Gasteiger partial charge on any atom is 0.123 e. The molecule has 2 heteroatoms. The normalized spacial score (nSPS) is 12.2. The van der Waals surface area contributed by atoms with Gasteiger partial charge >= 0.3 is 0 Å². The summed E-state index contributed by atoms with van der Waals surface area (Å²) in [7, 11) is 0. The second-order valence-electron chi connectivity index (χ2n) is 5.26. The highest BCUT2D eigenvalue weighted by Gasteiger charge is 2.07. The Bertz CT molecular complexity index is 551. The summed E-state index contributed by atoms with van der Waals surface area (Å²) in [5.41, 5.74) is 9.69. The second kappa shape index (κ2) is 7.11. The predicted molar refractivity (Wildman–Crippen MR) is 83.9 cm³/mol. The van der Waals surface area contributed by atoms with E-state index in [0.29, 0.717) is 6.61 Å². The quantitative estimate of drug-likeness (QED) is 0.864. The van der Waals surface area contributed by atoms with Crippen LogP contribution in [0.25, 0.3) is 0 Å². The smallest absolute Gasteiger partial charge is 0.123 e. The first-order valence-corrected chi connectivity index (χ1v) is 7.21. The lowest BCUT2D eigenvalue weighted by atomic mass is 10.0. The van der Waals surface area contributed by atoms with Crippen LogP contribution in [0.5, 0.6) is 5.75 Å². The zero-order chi connectivity index (χ0) is 14.4. The summed E-state index contributed by atoms with van der Waals surface area (Å²) in [5, 5.41) is 0. The zero-order valence-corrected chi connectivity index (χ0v) is 12.3. The molecule has 0 spiro atoms. The Balaban J connectivity index is 2.05. The molecule has 1 unspecified atom stereocenters. The summed E-state index contributed by atoms with van der Waals surface area (Å²) < 4.78 is 5.97. The maximum atomic E-state index is 6.05. The summed E-state index contributed by atoms with van der Waals surface area (Å²) >= 11 is 0. The Morgan fingerprint density at radius 3 is 2.65 bits per heavy atom. The Hall–Kier alpha value is -1.80. The van der Waals surface area contributed by atoms with Gasteiger partial charge in [0.15, 0.2) is 0 Å². The Labute approximate surface area is 121 Å². The van der Waals surface area contributed by atoms with Crippen molar-refractivity contribution in [2.24, 2.45) is 5.73 Å². The molecule has 0 fully saturated rings. The maximum absolute atomic E-state index is 6.05. The van der Waals surface area contributed by atoms with E-state index in [1.54, 1.807) is 0 Å². The molecule has 2 nitrogen and oxygen atoms in total. The van der Waals surface area contributed by atoms with Crippen molar-refractivity contribution in [1.29, 1.82) is 0 Å². The van der Waals surface area contributed by atoms with Crippen LogP contribution in [0.4, 0.5) is 0 Å². The lowest BCUT2D eigenvalue weighted by Crippen LogP contribution is -2.21. The van der Waals surface area contributed by atoms with E-state index in [2.05, 4.69) is 44.2 Å². The van der Waals surface area contributed by atoms with Gasteiger partial charge in [-0.15, -0.1) is 0 Å². The van der Waals surface area contributed by atoms with Crippen LogP contribution >= 0.6 is 0 Å². The molecule has 2 aromatic rings. The van der Waals surface area contributed by atoms with Gasteiger partial charge in [-0.05, 0) is 37.0 Å². The number of ether oxygens (including phenoxy) is 1. The number of aryl methyl sites for hydroxylation is 1. The molecular formula is C18H23NO. The fourth-order valence-corrected chi connectivity index (χ4v) is 2.20. The van der Waals surface area contributed by atoms with E-state index in [1.165, 1.54) is 16.7 Å². The molecule has 2 N–H and O–H groups in total. The Morgan fingerprint density at radius 1 is 1.10 bits per heavy atom. The number of benzene rings is 2. The minimum absolute atomic E-state index is 0.193. The van der Waals surface area contributed by atoms with E-state index >= 15 is 0 Å². The van der Waals surface area contributed by atoms with Crippen molar-refractivity contribution < 1.29 is 4.74 Å². The van der Waals surface area contributed by atoms with Crippen LogP contribution in [0.2, 0.25) is 0 Å². The van der Waals surface area contributed by atoms with Gasteiger partial charge in [0.25, 0.3) is 0 Å². The average molecular weight is 269 g/mol. The lowest BCUT2D eigenvalue weighted by molar-refractivity contribution is 0.302. The van der Waals surface area contributed by atoms with Crippen molar-refractivity contribution in [1.82, 2.24) is 0 Å². The third kappa shape index (κ3) is 4.10. The number of hydrogen-bond donors (Lipinski definition) is 1. The fourth-order valence-electron chi connectivity index (χ4n) is 2.20. The van der Waals surface area contributed by atoms with Crippen molar-refractivity contribution >= 4 is 0 Å². The van der Waals surface area contributed by atoms with E-state index in [0.717, 1.165) is 18.6 Å². The zero-order valence-electron chi connectivity index (χ0n) is 12.3. The van der Waals surface area contributed by atoms with E-state index in [9.17, 15) is 0 Å². The average Bonchev–Trinajstić information content (AvgIpc) is 2.46. The molecule has 0 aliphatic heterocycles. The largest absolute Gasteiger partial charge is 0.489 e. The first-order chi connectivity index (χ1) is 9.69. The van der Waals surface area contributed by atoms with Crippen LogP contribution in [0.3, 0.4) is 0 Å². The van der Waals surface area contributed by atoms with Gasteiger partial charge < -0.3 is 10.5 Å². The van der Waals surface area contributed by atoms with E-state index < -0.39 is 0 Å². The Kier molecular flexibility index (Phi) is 5.19. The molecule has 2 aromatic carbocycles. The summed E-state index contributed by atoms with van der Waals surface area (Å²) in [5.74, 6) is 0.943. The van der Waals surface area contributed by atoms with Gasteiger partial charge in [0.1, 0.15) is 12.4 Å². The summed E-state index contributed by atoms with van der Waals surface area (Å²) in [6.45, 7) is 4.80. The molecule has 0 amide bonds.